The molecule has 0 unspecified atom stereocenters. The zero-order valence-electron chi connectivity index (χ0n) is 30.4. The zero-order chi connectivity index (χ0) is 35.4. The number of esters is 2. The first kappa shape index (κ1) is 46.0. The van der Waals surface area contributed by atoms with E-state index in [1.54, 1.807) is 0 Å². The molecule has 0 amide bonds. The lowest BCUT2D eigenvalue weighted by Crippen LogP contribution is -2.29. The summed E-state index contributed by atoms with van der Waals surface area (Å²) < 4.78 is 26.3. The number of hydrogen-bond donors (Lipinski definition) is 2. The summed E-state index contributed by atoms with van der Waals surface area (Å²) in [6.07, 6.45) is 41.2. The summed E-state index contributed by atoms with van der Waals surface area (Å²) in [4.78, 5) is 42.7. The molecule has 9 heteroatoms. The third-order valence-electron chi connectivity index (χ3n) is 7.82. The molecule has 8 nitrogen and oxygen atoms in total. The van der Waals surface area contributed by atoms with Gasteiger partial charge in [-0.15, -0.1) is 0 Å². The highest BCUT2D eigenvalue weighted by Crippen LogP contribution is 2.36. The molecule has 0 heterocycles. The van der Waals surface area contributed by atoms with Crippen molar-refractivity contribution in [1.29, 1.82) is 0 Å². The molecular weight excluding hydrogens is 627 g/mol. The Kier molecular flexibility index (Phi) is 33.4. The predicted molar refractivity (Wildman–Crippen MR) is 198 cm³/mol. The fourth-order valence-electron chi connectivity index (χ4n) is 4.96. The van der Waals surface area contributed by atoms with Crippen LogP contribution in [0, 0.1) is 0 Å². The van der Waals surface area contributed by atoms with Gasteiger partial charge in [-0.3, -0.25) is 14.1 Å². The van der Waals surface area contributed by atoms with Crippen LogP contribution in [0.2, 0.25) is 0 Å². The van der Waals surface area contributed by atoms with Crippen LogP contribution in [0.25, 0.3) is 0 Å². The Bertz CT molecular complexity index is 921. The van der Waals surface area contributed by atoms with E-state index >= 15 is 0 Å². The summed E-state index contributed by atoms with van der Waals surface area (Å²) >= 11 is 0. The lowest BCUT2D eigenvalue weighted by molar-refractivity contribution is -0.161. The van der Waals surface area contributed by atoms with Gasteiger partial charge in [0.1, 0.15) is 6.61 Å². The molecule has 0 fully saturated rings. The van der Waals surface area contributed by atoms with E-state index in [0.717, 1.165) is 64.2 Å². The van der Waals surface area contributed by atoms with Gasteiger partial charge in [0.2, 0.25) is 0 Å². The van der Waals surface area contributed by atoms with Crippen LogP contribution < -0.4 is 0 Å². The van der Waals surface area contributed by atoms with Gasteiger partial charge in [-0.05, 0) is 77.0 Å². The highest BCUT2D eigenvalue weighted by molar-refractivity contribution is 7.46. The molecule has 0 radical (unpaired) electrons. The molecule has 0 saturated carbocycles. The topological polar surface area (TPSA) is 119 Å². The smallest absolute Gasteiger partial charge is 0.462 e. The first-order valence-electron chi connectivity index (χ1n) is 18.9. The molecule has 0 rings (SSSR count). The minimum Gasteiger partial charge on any atom is -0.462 e. The SMILES string of the molecule is CCCCC/C=C/C/C=C/CCCCCCCC(=O)OC[C@H](COP(=O)(O)O)OC(=O)CCCC/C=C/C/C=C/CCCCCCCC. The first-order valence-corrected chi connectivity index (χ1v) is 20.5. The van der Waals surface area contributed by atoms with E-state index in [4.69, 9.17) is 19.3 Å². The molecule has 0 spiro atoms. The van der Waals surface area contributed by atoms with Crippen molar-refractivity contribution in [3.05, 3.63) is 48.6 Å². The number of phosphoric ester groups is 1. The number of hydrogen-bond acceptors (Lipinski definition) is 6. The molecule has 0 aromatic carbocycles. The van der Waals surface area contributed by atoms with Crippen molar-refractivity contribution in [2.24, 2.45) is 0 Å². The van der Waals surface area contributed by atoms with Gasteiger partial charge in [0.25, 0.3) is 0 Å². The summed E-state index contributed by atoms with van der Waals surface area (Å²) in [5.74, 6) is -0.942. The molecular formula is C39H69O8P. The van der Waals surface area contributed by atoms with Crippen molar-refractivity contribution in [3.8, 4) is 0 Å². The van der Waals surface area contributed by atoms with Gasteiger partial charge in [-0.2, -0.15) is 0 Å². The number of unbranched alkanes of at least 4 members (excludes halogenated alkanes) is 16. The lowest BCUT2D eigenvalue weighted by Gasteiger charge is -2.18. The van der Waals surface area contributed by atoms with Crippen molar-refractivity contribution in [2.45, 2.75) is 174 Å². The zero-order valence-corrected chi connectivity index (χ0v) is 31.3. The van der Waals surface area contributed by atoms with E-state index in [-0.39, 0.29) is 19.4 Å². The average Bonchev–Trinajstić information content (AvgIpc) is 3.05. The van der Waals surface area contributed by atoms with Crippen LogP contribution in [0.15, 0.2) is 48.6 Å². The van der Waals surface area contributed by atoms with Gasteiger partial charge in [0.15, 0.2) is 6.10 Å². The van der Waals surface area contributed by atoms with Gasteiger partial charge in [0, 0.05) is 12.8 Å². The fourth-order valence-corrected chi connectivity index (χ4v) is 5.32. The van der Waals surface area contributed by atoms with E-state index in [9.17, 15) is 14.2 Å². The van der Waals surface area contributed by atoms with Gasteiger partial charge < -0.3 is 19.3 Å². The standard InChI is InChI=1S/C39H69O8P/c1-3-5-7-9-11-13-15-17-19-21-23-25-27-29-31-33-38(40)45-35-37(36-46-48(42,43)44)47-39(41)34-32-30-28-26-24-22-20-18-16-14-12-10-8-6-4-2/h11,13,17-20,24,26,37H,3-10,12,14-16,21-23,25,27-36H2,1-2H3,(H2,42,43,44)/b13-11+,19-17+,20-18+,26-24+/t37-/m1/s1. The molecule has 0 aliphatic carbocycles. The number of carbonyl (C=O) groups is 2. The van der Waals surface area contributed by atoms with Crippen LogP contribution in [-0.2, 0) is 28.2 Å². The average molecular weight is 697 g/mol. The molecule has 2 N–H and O–H groups in total. The number of ether oxygens (including phenoxy) is 2. The predicted octanol–water partition coefficient (Wildman–Crippen LogP) is 11.2. The van der Waals surface area contributed by atoms with E-state index in [2.05, 4.69) is 67.0 Å². The molecule has 48 heavy (non-hydrogen) atoms. The maximum atomic E-state index is 12.3. The molecule has 0 saturated heterocycles. The molecule has 0 aromatic rings. The number of phosphoric acid groups is 1. The second-order valence-corrected chi connectivity index (χ2v) is 13.8. The second-order valence-electron chi connectivity index (χ2n) is 12.5. The fraction of sp³-hybridized carbons (Fsp3) is 0.744. The Morgan fingerprint density at radius 2 is 0.938 bits per heavy atom. The van der Waals surface area contributed by atoms with E-state index < -0.39 is 32.5 Å². The Hall–Kier alpha value is -1.99. The van der Waals surface area contributed by atoms with Gasteiger partial charge >= 0.3 is 19.8 Å². The minimum atomic E-state index is -4.76. The number of carbonyl (C=O) groups excluding carboxylic acids is 2. The van der Waals surface area contributed by atoms with Crippen molar-refractivity contribution >= 4 is 19.8 Å². The Morgan fingerprint density at radius 1 is 0.542 bits per heavy atom. The number of rotatable bonds is 34. The quantitative estimate of drug-likeness (QED) is 0.0295. The van der Waals surface area contributed by atoms with Crippen LogP contribution in [0.5, 0.6) is 0 Å². The number of allylic oxidation sites excluding steroid dienone is 8. The van der Waals surface area contributed by atoms with E-state index in [1.807, 2.05) is 0 Å². The maximum absolute atomic E-state index is 12.3. The molecule has 278 valence electrons. The maximum Gasteiger partial charge on any atom is 0.469 e. The third kappa shape index (κ3) is 36.8. The van der Waals surface area contributed by atoms with Crippen LogP contribution in [0.1, 0.15) is 168 Å². The third-order valence-corrected chi connectivity index (χ3v) is 8.31. The molecule has 0 aliphatic rings. The lowest BCUT2D eigenvalue weighted by atomic mass is 10.1. The molecule has 0 aliphatic heterocycles. The minimum absolute atomic E-state index is 0.165. The Morgan fingerprint density at radius 3 is 1.46 bits per heavy atom. The first-order chi connectivity index (χ1) is 23.3. The molecule has 1 atom stereocenters. The Balaban J connectivity index is 4.06. The van der Waals surface area contributed by atoms with Crippen molar-refractivity contribution in [3.63, 3.8) is 0 Å². The van der Waals surface area contributed by atoms with Crippen LogP contribution in [-0.4, -0.2) is 41.0 Å². The van der Waals surface area contributed by atoms with Gasteiger partial charge in [-0.1, -0.05) is 127 Å². The second kappa shape index (κ2) is 34.9. The van der Waals surface area contributed by atoms with Gasteiger partial charge in [-0.25, -0.2) is 4.57 Å². The van der Waals surface area contributed by atoms with Crippen molar-refractivity contribution in [2.75, 3.05) is 13.2 Å². The van der Waals surface area contributed by atoms with E-state index in [1.165, 1.54) is 64.2 Å². The monoisotopic (exact) mass is 696 g/mol. The molecule has 0 aromatic heterocycles. The largest absolute Gasteiger partial charge is 0.469 e. The summed E-state index contributed by atoms with van der Waals surface area (Å²) in [5, 5.41) is 0. The Labute approximate surface area is 293 Å². The highest BCUT2D eigenvalue weighted by Gasteiger charge is 2.22. The molecule has 0 bridgehead atoms. The summed E-state index contributed by atoms with van der Waals surface area (Å²) in [5.41, 5.74) is 0. The summed E-state index contributed by atoms with van der Waals surface area (Å²) in [6, 6.07) is 0. The normalized spacial score (nSPS) is 13.0. The van der Waals surface area contributed by atoms with Crippen LogP contribution in [0.4, 0.5) is 0 Å². The van der Waals surface area contributed by atoms with Crippen LogP contribution >= 0.6 is 7.82 Å². The summed E-state index contributed by atoms with van der Waals surface area (Å²) in [6.45, 7) is 3.60. The highest BCUT2D eigenvalue weighted by atomic mass is 31.2. The van der Waals surface area contributed by atoms with E-state index in [0.29, 0.717) is 12.8 Å². The summed E-state index contributed by atoms with van der Waals surface area (Å²) in [7, 11) is -4.76. The van der Waals surface area contributed by atoms with Crippen LogP contribution in [0.3, 0.4) is 0 Å². The van der Waals surface area contributed by atoms with Crippen molar-refractivity contribution in [1.82, 2.24) is 0 Å². The van der Waals surface area contributed by atoms with Gasteiger partial charge in [0.05, 0.1) is 6.61 Å². The van der Waals surface area contributed by atoms with Crippen molar-refractivity contribution < 1.29 is 37.9 Å².